The third kappa shape index (κ3) is 3.36. The fourth-order valence-corrected chi connectivity index (χ4v) is 3.02. The van der Waals surface area contributed by atoms with Crippen molar-refractivity contribution < 1.29 is 13.2 Å². The molecule has 0 spiro atoms. The van der Waals surface area contributed by atoms with Crippen LogP contribution in [-0.2, 0) is 21.4 Å². The summed E-state index contributed by atoms with van der Waals surface area (Å²) in [6.07, 6.45) is -0.0434. The summed E-state index contributed by atoms with van der Waals surface area (Å²) in [5.74, 6) is -0.204. The van der Waals surface area contributed by atoms with Crippen molar-refractivity contribution >= 4 is 21.6 Å². The van der Waals surface area contributed by atoms with Crippen molar-refractivity contribution in [1.82, 2.24) is 4.90 Å². The quantitative estimate of drug-likeness (QED) is 0.857. The minimum atomic E-state index is -3.67. The smallest absolute Gasteiger partial charge is 0.228 e. The molecule has 1 aliphatic heterocycles. The summed E-state index contributed by atoms with van der Waals surface area (Å²) in [7, 11) is 0.292. The number of anilines is 1. The molecule has 0 radical (unpaired) electrons. The molecule has 1 atom stereocenters. The van der Waals surface area contributed by atoms with Gasteiger partial charge in [0.25, 0.3) is 0 Å². The number of benzene rings is 1. The van der Waals surface area contributed by atoms with E-state index in [-0.39, 0.29) is 18.9 Å². The van der Waals surface area contributed by atoms with Crippen LogP contribution in [0.3, 0.4) is 0 Å². The van der Waals surface area contributed by atoms with Gasteiger partial charge in [-0.15, -0.1) is 0 Å². The molecule has 20 heavy (non-hydrogen) atoms. The monoisotopic (exact) mass is 297 g/mol. The van der Waals surface area contributed by atoms with Crippen LogP contribution in [0.25, 0.3) is 0 Å². The number of primary sulfonamides is 1. The van der Waals surface area contributed by atoms with Crippen LogP contribution in [0.2, 0.25) is 0 Å². The van der Waals surface area contributed by atoms with Gasteiger partial charge in [-0.1, -0.05) is 12.1 Å². The van der Waals surface area contributed by atoms with Crippen molar-refractivity contribution in [3.05, 3.63) is 29.8 Å². The van der Waals surface area contributed by atoms with Crippen LogP contribution in [0.15, 0.2) is 24.3 Å². The van der Waals surface area contributed by atoms with Crippen molar-refractivity contribution in [1.29, 1.82) is 0 Å². The number of carbonyl (C=O) groups excluding carboxylic acids is 1. The minimum absolute atomic E-state index is 0.0434. The van der Waals surface area contributed by atoms with Gasteiger partial charge >= 0.3 is 0 Å². The molecule has 110 valence electrons. The van der Waals surface area contributed by atoms with Crippen LogP contribution in [-0.4, -0.2) is 45.1 Å². The van der Waals surface area contributed by atoms with Crippen molar-refractivity contribution in [2.45, 2.75) is 18.2 Å². The molecule has 0 aromatic heterocycles. The van der Waals surface area contributed by atoms with Crippen molar-refractivity contribution in [2.24, 2.45) is 5.14 Å². The number of carbonyl (C=O) groups is 1. The average Bonchev–Trinajstić information content (AvgIpc) is 2.71. The molecule has 1 amide bonds. The van der Waals surface area contributed by atoms with Gasteiger partial charge in [-0.2, -0.15) is 0 Å². The van der Waals surface area contributed by atoms with E-state index in [0.29, 0.717) is 5.69 Å². The molecular weight excluding hydrogens is 278 g/mol. The maximum absolute atomic E-state index is 11.9. The van der Waals surface area contributed by atoms with Crippen LogP contribution >= 0.6 is 0 Å². The number of sulfonamides is 1. The Kier molecular flexibility index (Phi) is 4.12. The maximum atomic E-state index is 11.9. The lowest BCUT2D eigenvalue weighted by molar-refractivity contribution is -0.117. The molecule has 1 saturated heterocycles. The number of nitrogens with two attached hydrogens (primary N) is 1. The summed E-state index contributed by atoms with van der Waals surface area (Å²) >= 11 is 0. The number of nitrogens with zero attached hydrogens (tertiary/aromatic N) is 2. The Hall–Kier alpha value is -1.44. The molecule has 1 aromatic carbocycles. The van der Waals surface area contributed by atoms with Crippen LogP contribution in [0.1, 0.15) is 12.0 Å². The van der Waals surface area contributed by atoms with Crippen molar-refractivity contribution in [2.75, 3.05) is 25.5 Å². The Morgan fingerprint density at radius 1 is 1.30 bits per heavy atom. The molecule has 1 aliphatic rings. The maximum Gasteiger partial charge on any atom is 0.228 e. The topological polar surface area (TPSA) is 83.7 Å². The second-order valence-corrected chi connectivity index (χ2v) is 7.17. The zero-order valence-corrected chi connectivity index (χ0v) is 12.4. The van der Waals surface area contributed by atoms with E-state index < -0.39 is 15.3 Å². The molecule has 1 aromatic rings. The second-order valence-electron chi connectivity index (χ2n) is 5.32. The number of amides is 1. The number of rotatable bonds is 4. The predicted molar refractivity (Wildman–Crippen MR) is 77.7 cm³/mol. The number of hydrogen-bond donors (Lipinski definition) is 1. The lowest BCUT2D eigenvalue weighted by atomic mass is 10.2. The molecular formula is C13H19N3O3S. The standard InChI is InChI=1S/C13H19N3O3S/c1-15(2)8-10-3-5-11(6-4-10)16-9-12(7-13(16)17)20(14,18)19/h3-6,12H,7-9H2,1-2H3,(H2,14,18,19). The normalized spacial score (nSPS) is 19.9. The Labute approximate surface area is 119 Å². The summed E-state index contributed by atoms with van der Waals surface area (Å²) in [6.45, 7) is 0.943. The highest BCUT2D eigenvalue weighted by Crippen LogP contribution is 2.24. The van der Waals surface area contributed by atoms with E-state index in [1.54, 1.807) is 0 Å². The third-order valence-corrected chi connectivity index (χ3v) is 4.55. The summed E-state index contributed by atoms with van der Waals surface area (Å²) < 4.78 is 22.6. The highest BCUT2D eigenvalue weighted by molar-refractivity contribution is 7.89. The van der Waals surface area contributed by atoms with E-state index in [1.807, 2.05) is 43.3 Å². The summed E-state index contributed by atoms with van der Waals surface area (Å²) in [4.78, 5) is 15.4. The molecule has 2 N–H and O–H groups in total. The van der Waals surface area contributed by atoms with E-state index in [4.69, 9.17) is 5.14 Å². The molecule has 2 rings (SSSR count). The average molecular weight is 297 g/mol. The predicted octanol–water partition coefficient (Wildman–Crippen LogP) is 0.142. The van der Waals surface area contributed by atoms with Crippen LogP contribution in [0.5, 0.6) is 0 Å². The van der Waals surface area contributed by atoms with Gasteiger partial charge in [-0.3, -0.25) is 4.79 Å². The Morgan fingerprint density at radius 3 is 2.35 bits per heavy atom. The largest absolute Gasteiger partial charge is 0.311 e. The highest BCUT2D eigenvalue weighted by Gasteiger charge is 2.37. The van der Waals surface area contributed by atoms with Crippen molar-refractivity contribution in [3.63, 3.8) is 0 Å². The van der Waals surface area contributed by atoms with Gasteiger partial charge in [0.15, 0.2) is 0 Å². The summed E-state index contributed by atoms with van der Waals surface area (Å²) in [5, 5.41) is 4.30. The van der Waals surface area contributed by atoms with E-state index in [2.05, 4.69) is 0 Å². The van der Waals surface area contributed by atoms with Gasteiger partial charge in [0.05, 0.1) is 0 Å². The first-order valence-corrected chi connectivity index (χ1v) is 7.94. The highest BCUT2D eigenvalue weighted by atomic mass is 32.2. The van der Waals surface area contributed by atoms with E-state index >= 15 is 0 Å². The molecule has 0 saturated carbocycles. The van der Waals surface area contributed by atoms with Crippen LogP contribution in [0, 0.1) is 0 Å². The summed E-state index contributed by atoms with van der Waals surface area (Å²) in [5.41, 5.74) is 1.84. The lowest BCUT2D eigenvalue weighted by Gasteiger charge is -2.17. The molecule has 7 heteroatoms. The Morgan fingerprint density at radius 2 is 1.90 bits per heavy atom. The first kappa shape index (κ1) is 15.0. The first-order chi connectivity index (χ1) is 9.27. The Balaban J connectivity index is 2.14. The van der Waals surface area contributed by atoms with Gasteiger partial charge in [-0.05, 0) is 31.8 Å². The fourth-order valence-electron chi connectivity index (χ4n) is 2.29. The number of hydrogen-bond acceptors (Lipinski definition) is 4. The van der Waals surface area contributed by atoms with E-state index in [0.717, 1.165) is 12.1 Å². The summed E-state index contributed by atoms with van der Waals surface area (Å²) in [6, 6.07) is 7.55. The van der Waals surface area contributed by atoms with Gasteiger partial charge < -0.3 is 9.80 Å². The van der Waals surface area contributed by atoms with E-state index in [1.165, 1.54) is 4.90 Å². The molecule has 0 aliphatic carbocycles. The third-order valence-electron chi connectivity index (χ3n) is 3.30. The molecule has 1 fully saturated rings. The van der Waals surface area contributed by atoms with Gasteiger partial charge in [0.1, 0.15) is 5.25 Å². The Bertz CT molecular complexity index is 596. The molecule has 6 nitrogen and oxygen atoms in total. The van der Waals surface area contributed by atoms with Gasteiger partial charge in [0.2, 0.25) is 15.9 Å². The first-order valence-electron chi connectivity index (χ1n) is 6.33. The van der Waals surface area contributed by atoms with Gasteiger partial charge in [-0.25, -0.2) is 13.6 Å². The van der Waals surface area contributed by atoms with Crippen LogP contribution in [0.4, 0.5) is 5.69 Å². The van der Waals surface area contributed by atoms with E-state index in [9.17, 15) is 13.2 Å². The molecule has 0 bridgehead atoms. The molecule has 1 unspecified atom stereocenters. The molecule has 1 heterocycles. The van der Waals surface area contributed by atoms with Crippen molar-refractivity contribution in [3.8, 4) is 0 Å². The van der Waals surface area contributed by atoms with Crippen LogP contribution < -0.4 is 10.0 Å². The fraction of sp³-hybridized carbons (Fsp3) is 0.462. The minimum Gasteiger partial charge on any atom is -0.311 e. The zero-order valence-electron chi connectivity index (χ0n) is 11.6. The lowest BCUT2D eigenvalue weighted by Crippen LogP contribution is -2.32. The van der Waals surface area contributed by atoms with Gasteiger partial charge in [0, 0.05) is 25.2 Å². The SMILES string of the molecule is CN(C)Cc1ccc(N2CC(S(N)(=O)=O)CC2=O)cc1. The zero-order chi connectivity index (χ0) is 14.9. The second kappa shape index (κ2) is 5.51.